The average molecular weight is 232 g/mol. The number of nitrogens with one attached hydrogen (secondary N) is 1. The standard InChI is InChI=1S/C12H13FN4/c1-7-3-4-9(13)10(5-7)16-11-6-8(2)15-12(14)17-11/h3-6H,1-2H3,(H3,14,15,16,17). The van der Waals surface area contributed by atoms with Crippen LogP contribution in [0.3, 0.4) is 0 Å². The number of aryl methyl sites for hydroxylation is 2. The molecule has 1 aromatic heterocycles. The van der Waals surface area contributed by atoms with Gasteiger partial charge in [0.25, 0.3) is 0 Å². The average Bonchev–Trinajstić information content (AvgIpc) is 2.22. The summed E-state index contributed by atoms with van der Waals surface area (Å²) in [5.41, 5.74) is 7.60. The van der Waals surface area contributed by atoms with Gasteiger partial charge in [0, 0.05) is 11.8 Å². The first-order chi connectivity index (χ1) is 8.04. The van der Waals surface area contributed by atoms with E-state index >= 15 is 0 Å². The second kappa shape index (κ2) is 4.37. The highest BCUT2D eigenvalue weighted by Crippen LogP contribution is 2.20. The Balaban J connectivity index is 2.34. The topological polar surface area (TPSA) is 63.8 Å². The summed E-state index contributed by atoms with van der Waals surface area (Å²) in [7, 11) is 0. The molecule has 0 radical (unpaired) electrons. The quantitative estimate of drug-likeness (QED) is 0.835. The van der Waals surface area contributed by atoms with Crippen LogP contribution >= 0.6 is 0 Å². The number of nitrogens with zero attached hydrogens (tertiary/aromatic N) is 2. The van der Waals surface area contributed by atoms with Crippen molar-refractivity contribution in [1.82, 2.24) is 9.97 Å². The van der Waals surface area contributed by atoms with Gasteiger partial charge in [0.15, 0.2) is 0 Å². The summed E-state index contributed by atoms with van der Waals surface area (Å²) >= 11 is 0. The highest BCUT2D eigenvalue weighted by molar-refractivity contribution is 5.58. The molecule has 0 saturated heterocycles. The van der Waals surface area contributed by atoms with Crippen molar-refractivity contribution in [2.75, 3.05) is 11.1 Å². The molecule has 0 unspecified atom stereocenters. The fraction of sp³-hybridized carbons (Fsp3) is 0.167. The number of halogens is 1. The Bertz CT molecular complexity index is 534. The molecule has 0 fully saturated rings. The van der Waals surface area contributed by atoms with E-state index in [1.165, 1.54) is 6.07 Å². The van der Waals surface area contributed by atoms with Crippen molar-refractivity contribution in [1.29, 1.82) is 0 Å². The summed E-state index contributed by atoms with van der Waals surface area (Å²) in [6.45, 7) is 3.69. The molecule has 3 N–H and O–H groups in total. The van der Waals surface area contributed by atoms with Gasteiger partial charge < -0.3 is 11.1 Å². The van der Waals surface area contributed by atoms with Crippen LogP contribution in [0.5, 0.6) is 0 Å². The molecule has 4 nitrogen and oxygen atoms in total. The van der Waals surface area contributed by atoms with Crippen LogP contribution in [0.15, 0.2) is 24.3 Å². The summed E-state index contributed by atoms with van der Waals surface area (Å²) in [4.78, 5) is 7.94. The number of nitrogen functional groups attached to an aromatic ring is 1. The second-order valence-corrected chi connectivity index (χ2v) is 3.86. The van der Waals surface area contributed by atoms with E-state index in [0.29, 0.717) is 11.5 Å². The van der Waals surface area contributed by atoms with Gasteiger partial charge in [0.2, 0.25) is 5.95 Å². The molecule has 88 valence electrons. The predicted molar refractivity (Wildman–Crippen MR) is 65.6 cm³/mol. The molecule has 1 aromatic carbocycles. The number of anilines is 3. The molecule has 0 atom stereocenters. The van der Waals surface area contributed by atoms with Gasteiger partial charge in [-0.3, -0.25) is 0 Å². The molecule has 2 aromatic rings. The van der Waals surface area contributed by atoms with Gasteiger partial charge in [-0.1, -0.05) is 6.07 Å². The summed E-state index contributed by atoms with van der Waals surface area (Å²) in [6.07, 6.45) is 0. The molecular formula is C12H13FN4. The zero-order valence-corrected chi connectivity index (χ0v) is 9.66. The third-order valence-electron chi connectivity index (χ3n) is 2.26. The Morgan fingerprint density at radius 3 is 2.65 bits per heavy atom. The molecule has 0 amide bonds. The lowest BCUT2D eigenvalue weighted by atomic mass is 10.2. The fourth-order valence-corrected chi connectivity index (χ4v) is 1.53. The number of hydrogen-bond acceptors (Lipinski definition) is 4. The minimum Gasteiger partial charge on any atom is -0.368 e. The van der Waals surface area contributed by atoms with Gasteiger partial charge in [-0.2, -0.15) is 4.98 Å². The van der Waals surface area contributed by atoms with E-state index in [1.54, 1.807) is 25.1 Å². The van der Waals surface area contributed by atoms with Crippen molar-refractivity contribution in [2.24, 2.45) is 0 Å². The van der Waals surface area contributed by atoms with Gasteiger partial charge in [-0.05, 0) is 31.5 Å². The van der Waals surface area contributed by atoms with E-state index in [-0.39, 0.29) is 11.8 Å². The smallest absolute Gasteiger partial charge is 0.222 e. The maximum Gasteiger partial charge on any atom is 0.222 e. The Morgan fingerprint density at radius 1 is 1.18 bits per heavy atom. The Morgan fingerprint density at radius 2 is 1.94 bits per heavy atom. The van der Waals surface area contributed by atoms with Crippen LogP contribution in [0.2, 0.25) is 0 Å². The van der Waals surface area contributed by atoms with Crippen LogP contribution in [-0.4, -0.2) is 9.97 Å². The molecule has 2 rings (SSSR count). The molecular weight excluding hydrogens is 219 g/mol. The van der Waals surface area contributed by atoms with Crippen LogP contribution in [0, 0.1) is 19.7 Å². The number of rotatable bonds is 2. The minimum absolute atomic E-state index is 0.167. The SMILES string of the molecule is Cc1ccc(F)c(Nc2cc(C)nc(N)n2)c1. The van der Waals surface area contributed by atoms with E-state index in [2.05, 4.69) is 15.3 Å². The van der Waals surface area contributed by atoms with Crippen LogP contribution in [0.4, 0.5) is 21.8 Å². The maximum absolute atomic E-state index is 13.5. The zero-order valence-electron chi connectivity index (χ0n) is 9.66. The number of aromatic nitrogens is 2. The number of benzene rings is 1. The minimum atomic E-state index is -0.328. The summed E-state index contributed by atoms with van der Waals surface area (Å²) in [6, 6.07) is 6.54. The molecule has 0 saturated carbocycles. The summed E-state index contributed by atoms with van der Waals surface area (Å²) < 4.78 is 13.5. The number of nitrogens with two attached hydrogens (primary N) is 1. The first-order valence-electron chi connectivity index (χ1n) is 5.19. The number of hydrogen-bond donors (Lipinski definition) is 2. The van der Waals surface area contributed by atoms with Crippen molar-refractivity contribution in [3.63, 3.8) is 0 Å². The van der Waals surface area contributed by atoms with Crippen molar-refractivity contribution < 1.29 is 4.39 Å². The Kier molecular flexibility index (Phi) is 2.91. The van der Waals surface area contributed by atoms with Gasteiger partial charge in [-0.15, -0.1) is 0 Å². The molecule has 0 aliphatic heterocycles. The Labute approximate surface area is 98.7 Å². The van der Waals surface area contributed by atoms with Crippen molar-refractivity contribution in [2.45, 2.75) is 13.8 Å². The van der Waals surface area contributed by atoms with Crippen molar-refractivity contribution in [3.05, 3.63) is 41.3 Å². The first kappa shape index (κ1) is 11.3. The lowest BCUT2D eigenvalue weighted by molar-refractivity contribution is 0.631. The third-order valence-corrected chi connectivity index (χ3v) is 2.26. The highest BCUT2D eigenvalue weighted by Gasteiger charge is 2.05. The molecule has 5 heteroatoms. The van der Waals surface area contributed by atoms with E-state index in [4.69, 9.17) is 5.73 Å². The zero-order chi connectivity index (χ0) is 12.4. The third kappa shape index (κ3) is 2.69. The largest absolute Gasteiger partial charge is 0.368 e. The van der Waals surface area contributed by atoms with Crippen LogP contribution in [0.1, 0.15) is 11.3 Å². The molecule has 17 heavy (non-hydrogen) atoms. The molecule has 0 aliphatic carbocycles. The van der Waals surface area contributed by atoms with Gasteiger partial charge in [0.1, 0.15) is 11.6 Å². The maximum atomic E-state index is 13.5. The van der Waals surface area contributed by atoms with Crippen LogP contribution < -0.4 is 11.1 Å². The van der Waals surface area contributed by atoms with E-state index in [0.717, 1.165) is 11.3 Å². The van der Waals surface area contributed by atoms with Crippen molar-refractivity contribution >= 4 is 17.5 Å². The normalized spacial score (nSPS) is 10.3. The Hall–Kier alpha value is -2.17. The van der Waals surface area contributed by atoms with E-state index in [1.807, 2.05) is 6.92 Å². The lowest BCUT2D eigenvalue weighted by Crippen LogP contribution is -2.02. The fourth-order valence-electron chi connectivity index (χ4n) is 1.53. The molecule has 1 heterocycles. The van der Waals surface area contributed by atoms with E-state index in [9.17, 15) is 4.39 Å². The monoisotopic (exact) mass is 232 g/mol. The lowest BCUT2D eigenvalue weighted by Gasteiger charge is -2.08. The second-order valence-electron chi connectivity index (χ2n) is 3.86. The van der Waals surface area contributed by atoms with E-state index < -0.39 is 0 Å². The first-order valence-corrected chi connectivity index (χ1v) is 5.19. The predicted octanol–water partition coefficient (Wildman–Crippen LogP) is 2.56. The van der Waals surface area contributed by atoms with Crippen LogP contribution in [0.25, 0.3) is 0 Å². The van der Waals surface area contributed by atoms with Gasteiger partial charge >= 0.3 is 0 Å². The van der Waals surface area contributed by atoms with Crippen LogP contribution in [-0.2, 0) is 0 Å². The highest BCUT2D eigenvalue weighted by atomic mass is 19.1. The molecule has 0 bridgehead atoms. The molecule has 0 aliphatic rings. The summed E-state index contributed by atoms with van der Waals surface area (Å²) in [5, 5.41) is 2.89. The van der Waals surface area contributed by atoms with Crippen molar-refractivity contribution in [3.8, 4) is 0 Å². The van der Waals surface area contributed by atoms with Gasteiger partial charge in [-0.25, -0.2) is 9.37 Å². The van der Waals surface area contributed by atoms with Gasteiger partial charge in [0.05, 0.1) is 5.69 Å². The molecule has 0 spiro atoms. The summed E-state index contributed by atoms with van der Waals surface area (Å²) in [5.74, 6) is 0.325.